The maximum atomic E-state index is 14.2. The van der Waals surface area contributed by atoms with E-state index < -0.39 is 6.04 Å². The number of aliphatic hydroxyl groups is 1. The molecule has 2 aromatic rings. The highest BCUT2D eigenvalue weighted by atomic mass is 16.5. The summed E-state index contributed by atoms with van der Waals surface area (Å²) in [6.45, 7) is 10.8. The normalized spacial score (nSPS) is 21.5. The maximum Gasteiger partial charge on any atom is 0.258 e. The topological polar surface area (TPSA) is 91.3 Å². The number of ether oxygens (including phenoxy) is 2. The van der Waals surface area contributed by atoms with Crippen LogP contribution >= 0.6 is 0 Å². The zero-order chi connectivity index (χ0) is 29.8. The molecule has 0 bridgehead atoms. The number of nitrogens with zero attached hydrogens (tertiary/aromatic N) is 2. The molecular formula is C33H49N3O5. The van der Waals surface area contributed by atoms with Gasteiger partial charge in [-0.15, -0.1) is 0 Å². The van der Waals surface area contributed by atoms with Gasteiger partial charge in [-0.2, -0.15) is 0 Å². The molecule has 1 aliphatic heterocycles. The molecule has 8 heteroatoms. The number of aliphatic hydroxyl groups excluding tert-OH is 1. The SMILES string of the molecule is CCCN(C)C[C@H]1OCCCC[C@H](C)Oc2ccc(NC(=O)Cc3ccccc3)cc2C(=O)N([C@@H](C)CO)C[C@H]1C. The molecule has 2 amide bonds. The summed E-state index contributed by atoms with van der Waals surface area (Å²) in [6, 6.07) is 14.4. The van der Waals surface area contributed by atoms with Crippen molar-refractivity contribution in [1.29, 1.82) is 0 Å². The molecule has 4 atom stereocenters. The number of hydrogen-bond acceptors (Lipinski definition) is 6. The second-order valence-corrected chi connectivity index (χ2v) is 11.5. The third-order valence-electron chi connectivity index (χ3n) is 7.64. The molecule has 1 aliphatic rings. The van der Waals surface area contributed by atoms with Crippen LogP contribution in [-0.2, 0) is 16.0 Å². The van der Waals surface area contributed by atoms with Gasteiger partial charge in [-0.25, -0.2) is 0 Å². The van der Waals surface area contributed by atoms with Crippen LogP contribution in [0.1, 0.15) is 69.3 Å². The predicted octanol–water partition coefficient (Wildman–Crippen LogP) is 5.01. The van der Waals surface area contributed by atoms with Gasteiger partial charge in [0.2, 0.25) is 5.91 Å². The number of hydrogen-bond donors (Lipinski definition) is 2. The Morgan fingerprint density at radius 2 is 1.93 bits per heavy atom. The Kier molecular flexibility index (Phi) is 13.1. The number of rotatable bonds is 9. The zero-order valence-electron chi connectivity index (χ0n) is 25.5. The number of amides is 2. The number of fused-ring (bicyclic) bond motifs is 1. The van der Waals surface area contributed by atoms with Gasteiger partial charge >= 0.3 is 0 Å². The Balaban J connectivity index is 1.92. The van der Waals surface area contributed by atoms with Crippen LogP contribution in [0.2, 0.25) is 0 Å². The van der Waals surface area contributed by atoms with Gasteiger partial charge in [0, 0.05) is 31.3 Å². The minimum atomic E-state index is -0.409. The van der Waals surface area contributed by atoms with Crippen LogP contribution in [0.4, 0.5) is 5.69 Å². The summed E-state index contributed by atoms with van der Waals surface area (Å²) >= 11 is 0. The predicted molar refractivity (Wildman–Crippen MR) is 163 cm³/mol. The smallest absolute Gasteiger partial charge is 0.258 e. The first-order chi connectivity index (χ1) is 19.7. The van der Waals surface area contributed by atoms with Crippen molar-refractivity contribution < 1.29 is 24.2 Å². The standard InChI is InChI=1S/C33H49N3O5/c1-6-17-35(5)22-31-24(2)21-36(25(3)23-37)33(39)29-20-28(34-32(38)19-27-13-8-7-9-14-27)15-16-30(29)41-26(4)12-10-11-18-40-31/h7-9,13-16,20,24-26,31,37H,6,10-12,17-19,21-23H2,1-5H3,(H,34,38)/t24-,25+,26+,31-/m1/s1. The average molecular weight is 568 g/mol. The van der Waals surface area contributed by atoms with Crippen molar-refractivity contribution in [2.75, 3.05) is 45.2 Å². The summed E-state index contributed by atoms with van der Waals surface area (Å²) in [6.07, 6.45) is 3.87. The Morgan fingerprint density at radius 3 is 2.63 bits per heavy atom. The number of likely N-dealkylation sites (N-methyl/N-ethyl adjacent to an activating group) is 1. The zero-order valence-corrected chi connectivity index (χ0v) is 25.5. The van der Waals surface area contributed by atoms with Gasteiger partial charge in [-0.1, -0.05) is 44.2 Å². The van der Waals surface area contributed by atoms with Crippen molar-refractivity contribution in [3.63, 3.8) is 0 Å². The molecule has 0 saturated heterocycles. The van der Waals surface area contributed by atoms with E-state index >= 15 is 0 Å². The van der Waals surface area contributed by atoms with Crippen LogP contribution in [0, 0.1) is 5.92 Å². The summed E-state index contributed by atoms with van der Waals surface area (Å²) in [7, 11) is 2.10. The van der Waals surface area contributed by atoms with Crippen molar-refractivity contribution in [1.82, 2.24) is 9.80 Å². The van der Waals surface area contributed by atoms with E-state index in [0.29, 0.717) is 30.2 Å². The average Bonchev–Trinajstić information content (AvgIpc) is 2.95. The van der Waals surface area contributed by atoms with Crippen LogP contribution in [0.25, 0.3) is 0 Å². The fraction of sp³-hybridized carbons (Fsp3) is 0.576. The largest absolute Gasteiger partial charge is 0.490 e. The molecule has 2 N–H and O–H groups in total. The van der Waals surface area contributed by atoms with Crippen molar-refractivity contribution in [2.24, 2.45) is 5.92 Å². The minimum absolute atomic E-state index is 0.0345. The molecular weight excluding hydrogens is 518 g/mol. The quantitative estimate of drug-likeness (QED) is 0.443. The van der Waals surface area contributed by atoms with Crippen LogP contribution in [-0.4, -0.2) is 84.9 Å². The lowest BCUT2D eigenvalue weighted by Crippen LogP contribution is -2.47. The van der Waals surface area contributed by atoms with Gasteiger partial charge in [0.15, 0.2) is 0 Å². The van der Waals surface area contributed by atoms with Gasteiger partial charge in [-0.3, -0.25) is 9.59 Å². The third kappa shape index (κ3) is 10.1. The Labute approximate surface area is 246 Å². The molecule has 0 aromatic heterocycles. The summed E-state index contributed by atoms with van der Waals surface area (Å²) in [5.74, 6) is 0.118. The Hall–Kier alpha value is -2.94. The molecule has 1 heterocycles. The molecule has 3 rings (SSSR count). The van der Waals surface area contributed by atoms with Crippen molar-refractivity contribution in [3.8, 4) is 5.75 Å². The number of nitrogens with one attached hydrogen (secondary N) is 1. The van der Waals surface area contributed by atoms with E-state index in [9.17, 15) is 14.7 Å². The van der Waals surface area contributed by atoms with Crippen molar-refractivity contribution in [3.05, 3.63) is 59.7 Å². The van der Waals surface area contributed by atoms with Gasteiger partial charge in [0.25, 0.3) is 5.91 Å². The third-order valence-corrected chi connectivity index (χ3v) is 7.64. The van der Waals surface area contributed by atoms with E-state index in [-0.39, 0.29) is 43.0 Å². The lowest BCUT2D eigenvalue weighted by Gasteiger charge is -2.35. The molecule has 0 spiro atoms. The van der Waals surface area contributed by atoms with Crippen LogP contribution in [0.5, 0.6) is 5.75 Å². The number of benzene rings is 2. The molecule has 0 aliphatic carbocycles. The summed E-state index contributed by atoms with van der Waals surface area (Å²) in [5, 5.41) is 13.1. The summed E-state index contributed by atoms with van der Waals surface area (Å²) in [4.78, 5) is 31.0. The first-order valence-corrected chi connectivity index (χ1v) is 15.1. The summed E-state index contributed by atoms with van der Waals surface area (Å²) < 4.78 is 12.7. The molecule has 2 aromatic carbocycles. The first kappa shape index (κ1) is 32.6. The summed E-state index contributed by atoms with van der Waals surface area (Å²) in [5.41, 5.74) is 1.82. The monoisotopic (exact) mass is 567 g/mol. The van der Waals surface area contributed by atoms with E-state index in [0.717, 1.165) is 44.3 Å². The second kappa shape index (κ2) is 16.5. The van der Waals surface area contributed by atoms with Crippen molar-refractivity contribution >= 4 is 17.5 Å². The molecule has 0 unspecified atom stereocenters. The van der Waals surface area contributed by atoms with E-state index in [1.54, 1.807) is 23.1 Å². The van der Waals surface area contributed by atoms with E-state index in [4.69, 9.17) is 9.47 Å². The van der Waals surface area contributed by atoms with Crippen LogP contribution < -0.4 is 10.1 Å². The van der Waals surface area contributed by atoms with E-state index in [1.807, 2.05) is 44.2 Å². The number of carbonyl (C=O) groups is 2. The molecule has 226 valence electrons. The molecule has 0 fully saturated rings. The van der Waals surface area contributed by atoms with Gasteiger partial charge < -0.3 is 29.7 Å². The lowest BCUT2D eigenvalue weighted by molar-refractivity contribution is -0.115. The molecule has 0 radical (unpaired) electrons. The maximum absolute atomic E-state index is 14.2. The number of anilines is 1. The highest BCUT2D eigenvalue weighted by Gasteiger charge is 2.30. The molecule has 0 saturated carbocycles. The highest BCUT2D eigenvalue weighted by Crippen LogP contribution is 2.28. The fourth-order valence-electron chi connectivity index (χ4n) is 5.23. The second-order valence-electron chi connectivity index (χ2n) is 11.5. The minimum Gasteiger partial charge on any atom is -0.490 e. The van der Waals surface area contributed by atoms with Gasteiger partial charge in [0.05, 0.1) is 36.8 Å². The van der Waals surface area contributed by atoms with Crippen LogP contribution in [0.15, 0.2) is 48.5 Å². The van der Waals surface area contributed by atoms with Gasteiger partial charge in [-0.05, 0) is 76.9 Å². The lowest BCUT2D eigenvalue weighted by atomic mass is 10.0. The van der Waals surface area contributed by atoms with Crippen LogP contribution in [0.3, 0.4) is 0 Å². The van der Waals surface area contributed by atoms with Crippen molar-refractivity contribution in [2.45, 2.75) is 78.0 Å². The molecule has 8 nitrogen and oxygen atoms in total. The highest BCUT2D eigenvalue weighted by molar-refractivity contribution is 6.00. The first-order valence-electron chi connectivity index (χ1n) is 15.1. The number of carbonyl (C=O) groups excluding carboxylic acids is 2. The Bertz CT molecular complexity index is 1100. The fourth-order valence-corrected chi connectivity index (χ4v) is 5.23. The molecule has 41 heavy (non-hydrogen) atoms. The van der Waals surface area contributed by atoms with E-state index in [1.165, 1.54) is 0 Å². The Morgan fingerprint density at radius 1 is 1.17 bits per heavy atom. The van der Waals surface area contributed by atoms with E-state index in [2.05, 4.69) is 31.1 Å². The van der Waals surface area contributed by atoms with Gasteiger partial charge in [0.1, 0.15) is 5.75 Å².